The third-order valence-electron chi connectivity index (χ3n) is 3.40. The first-order valence-corrected chi connectivity index (χ1v) is 7.39. The molecule has 2 N–H and O–H groups in total. The highest BCUT2D eigenvalue weighted by atomic mass is 16.5. The van der Waals surface area contributed by atoms with Gasteiger partial charge in [-0.25, -0.2) is 5.43 Å². The molecule has 0 spiro atoms. The van der Waals surface area contributed by atoms with Crippen LogP contribution in [-0.2, 0) is 4.79 Å². The predicted molar refractivity (Wildman–Crippen MR) is 91.8 cm³/mol. The average molecular weight is 328 g/mol. The van der Waals surface area contributed by atoms with Crippen LogP contribution in [0.15, 0.2) is 41.5 Å². The van der Waals surface area contributed by atoms with Crippen molar-refractivity contribution < 1.29 is 19.4 Å². The molecular formula is C18H20N2O4. The number of methoxy groups -OCH3 is 1. The number of nitrogens with zero attached hydrogens (tertiary/aromatic N) is 1. The van der Waals surface area contributed by atoms with E-state index in [2.05, 4.69) is 10.5 Å². The molecule has 0 heterocycles. The van der Waals surface area contributed by atoms with Gasteiger partial charge in [-0.1, -0.05) is 24.3 Å². The molecule has 2 aromatic rings. The number of amides is 1. The highest BCUT2D eigenvalue weighted by molar-refractivity contribution is 5.86. The van der Waals surface area contributed by atoms with E-state index in [0.29, 0.717) is 17.1 Å². The first-order valence-electron chi connectivity index (χ1n) is 7.39. The molecule has 0 unspecified atom stereocenters. The number of hydrogen-bond donors (Lipinski definition) is 2. The van der Waals surface area contributed by atoms with Gasteiger partial charge in [0.1, 0.15) is 5.75 Å². The topological polar surface area (TPSA) is 80.2 Å². The Balaban J connectivity index is 1.92. The minimum atomic E-state index is -0.392. The summed E-state index contributed by atoms with van der Waals surface area (Å²) in [5.74, 6) is 0.604. The van der Waals surface area contributed by atoms with Gasteiger partial charge >= 0.3 is 0 Å². The maximum atomic E-state index is 11.8. The normalized spacial score (nSPS) is 10.6. The van der Waals surface area contributed by atoms with Crippen LogP contribution in [0, 0.1) is 13.8 Å². The molecule has 24 heavy (non-hydrogen) atoms. The molecule has 0 fully saturated rings. The SMILES string of the molecule is COc1cccc(/C=N\NC(=O)COc2c(C)cccc2C)c1O. The Labute approximate surface area is 140 Å². The molecule has 0 saturated carbocycles. The van der Waals surface area contributed by atoms with E-state index in [1.807, 2.05) is 32.0 Å². The standard InChI is InChI=1S/C18H20N2O4/c1-12-6-4-7-13(2)18(12)24-11-16(21)20-19-10-14-8-5-9-15(23-3)17(14)22/h4-10,22H,11H2,1-3H3,(H,20,21)/b19-10-. The second-order valence-electron chi connectivity index (χ2n) is 5.20. The van der Waals surface area contributed by atoms with Gasteiger partial charge in [-0.2, -0.15) is 5.10 Å². The molecule has 0 bridgehead atoms. The number of carbonyl (C=O) groups excluding carboxylic acids is 1. The van der Waals surface area contributed by atoms with Crippen LogP contribution in [0.25, 0.3) is 0 Å². The average Bonchev–Trinajstić information content (AvgIpc) is 2.56. The molecule has 0 atom stereocenters. The van der Waals surface area contributed by atoms with Gasteiger partial charge in [-0.15, -0.1) is 0 Å². The molecule has 0 aliphatic heterocycles. The minimum Gasteiger partial charge on any atom is -0.504 e. The Kier molecular flexibility index (Phi) is 5.78. The summed E-state index contributed by atoms with van der Waals surface area (Å²) in [5.41, 5.74) is 4.72. The number of rotatable bonds is 6. The number of hydrazone groups is 1. The lowest BCUT2D eigenvalue weighted by Gasteiger charge is -2.10. The zero-order valence-electron chi connectivity index (χ0n) is 13.9. The maximum absolute atomic E-state index is 11.8. The molecule has 0 aromatic heterocycles. The lowest BCUT2D eigenvalue weighted by atomic mass is 10.1. The van der Waals surface area contributed by atoms with E-state index < -0.39 is 5.91 Å². The molecule has 0 radical (unpaired) electrons. The molecule has 0 aliphatic carbocycles. The number of hydrogen-bond acceptors (Lipinski definition) is 5. The molecule has 2 aromatic carbocycles. The Morgan fingerprint density at radius 3 is 2.54 bits per heavy atom. The van der Waals surface area contributed by atoms with E-state index in [1.165, 1.54) is 13.3 Å². The molecule has 1 amide bonds. The number of aromatic hydroxyl groups is 1. The number of para-hydroxylation sites is 2. The van der Waals surface area contributed by atoms with Crippen LogP contribution in [0.1, 0.15) is 16.7 Å². The largest absolute Gasteiger partial charge is 0.504 e. The lowest BCUT2D eigenvalue weighted by Crippen LogP contribution is -2.25. The number of aryl methyl sites for hydroxylation is 2. The fourth-order valence-electron chi connectivity index (χ4n) is 2.18. The summed E-state index contributed by atoms with van der Waals surface area (Å²) >= 11 is 0. The van der Waals surface area contributed by atoms with Crippen LogP contribution >= 0.6 is 0 Å². The summed E-state index contributed by atoms with van der Waals surface area (Å²) in [6.45, 7) is 3.70. The van der Waals surface area contributed by atoms with Gasteiger partial charge in [-0.05, 0) is 37.1 Å². The van der Waals surface area contributed by atoms with E-state index in [-0.39, 0.29) is 12.4 Å². The Bertz CT molecular complexity index is 736. The molecular weight excluding hydrogens is 308 g/mol. The third-order valence-corrected chi connectivity index (χ3v) is 3.40. The van der Waals surface area contributed by atoms with Crippen molar-refractivity contribution in [1.29, 1.82) is 0 Å². The van der Waals surface area contributed by atoms with E-state index in [0.717, 1.165) is 11.1 Å². The second kappa shape index (κ2) is 8.01. The predicted octanol–water partition coefficient (Wildman–Crippen LogP) is 2.55. The highest BCUT2D eigenvalue weighted by Crippen LogP contribution is 2.27. The number of benzene rings is 2. The smallest absolute Gasteiger partial charge is 0.277 e. The van der Waals surface area contributed by atoms with Crippen molar-refractivity contribution in [2.45, 2.75) is 13.8 Å². The van der Waals surface area contributed by atoms with Crippen molar-refractivity contribution in [2.24, 2.45) is 5.10 Å². The fourth-order valence-corrected chi connectivity index (χ4v) is 2.18. The lowest BCUT2D eigenvalue weighted by molar-refractivity contribution is -0.123. The quantitative estimate of drug-likeness (QED) is 0.631. The van der Waals surface area contributed by atoms with Crippen LogP contribution < -0.4 is 14.9 Å². The Hall–Kier alpha value is -3.02. The van der Waals surface area contributed by atoms with Crippen LogP contribution in [0.4, 0.5) is 0 Å². The highest BCUT2D eigenvalue weighted by Gasteiger charge is 2.07. The maximum Gasteiger partial charge on any atom is 0.277 e. The van der Waals surface area contributed by atoms with Gasteiger partial charge in [0.2, 0.25) is 0 Å². The number of phenolic OH excluding ortho intramolecular Hbond substituents is 1. The minimum absolute atomic E-state index is 0.0372. The second-order valence-corrected chi connectivity index (χ2v) is 5.20. The summed E-state index contributed by atoms with van der Waals surface area (Å²) < 4.78 is 10.5. The molecule has 0 aliphatic rings. The van der Waals surface area contributed by atoms with Crippen molar-refractivity contribution in [3.8, 4) is 17.2 Å². The summed E-state index contributed by atoms with van der Waals surface area (Å²) in [6, 6.07) is 10.8. The van der Waals surface area contributed by atoms with Crippen molar-refractivity contribution in [3.63, 3.8) is 0 Å². The monoisotopic (exact) mass is 328 g/mol. The van der Waals surface area contributed by atoms with E-state index in [1.54, 1.807) is 18.2 Å². The van der Waals surface area contributed by atoms with Crippen LogP contribution in [0.5, 0.6) is 17.2 Å². The van der Waals surface area contributed by atoms with Crippen LogP contribution in [0.2, 0.25) is 0 Å². The molecule has 126 valence electrons. The number of ether oxygens (including phenoxy) is 2. The summed E-state index contributed by atoms with van der Waals surface area (Å²) in [5, 5.41) is 13.7. The van der Waals surface area contributed by atoms with Gasteiger partial charge in [0.05, 0.1) is 13.3 Å². The summed E-state index contributed by atoms with van der Waals surface area (Å²) in [6.07, 6.45) is 1.34. The first-order chi connectivity index (χ1) is 11.5. The van der Waals surface area contributed by atoms with Gasteiger partial charge in [-0.3, -0.25) is 4.79 Å². The first kappa shape index (κ1) is 17.3. The van der Waals surface area contributed by atoms with E-state index in [9.17, 15) is 9.90 Å². The van der Waals surface area contributed by atoms with Gasteiger partial charge < -0.3 is 14.6 Å². The molecule has 6 heteroatoms. The van der Waals surface area contributed by atoms with Crippen LogP contribution in [0.3, 0.4) is 0 Å². The zero-order chi connectivity index (χ0) is 17.5. The fraction of sp³-hybridized carbons (Fsp3) is 0.222. The van der Waals surface area contributed by atoms with Gasteiger partial charge in [0.15, 0.2) is 18.1 Å². The van der Waals surface area contributed by atoms with Gasteiger partial charge in [0, 0.05) is 5.56 Å². The summed E-state index contributed by atoms with van der Waals surface area (Å²) in [7, 11) is 1.46. The Morgan fingerprint density at radius 2 is 1.88 bits per heavy atom. The summed E-state index contributed by atoms with van der Waals surface area (Å²) in [4.78, 5) is 11.8. The zero-order valence-corrected chi connectivity index (χ0v) is 13.9. The molecule has 0 saturated heterocycles. The number of phenols is 1. The Morgan fingerprint density at radius 1 is 1.21 bits per heavy atom. The third kappa shape index (κ3) is 4.25. The van der Waals surface area contributed by atoms with Gasteiger partial charge in [0.25, 0.3) is 5.91 Å². The van der Waals surface area contributed by atoms with E-state index in [4.69, 9.17) is 9.47 Å². The molecule has 2 rings (SSSR count). The van der Waals surface area contributed by atoms with E-state index >= 15 is 0 Å². The number of carbonyl (C=O) groups is 1. The number of nitrogens with one attached hydrogen (secondary N) is 1. The molecule has 6 nitrogen and oxygen atoms in total. The van der Waals surface area contributed by atoms with Crippen molar-refractivity contribution >= 4 is 12.1 Å². The van der Waals surface area contributed by atoms with Crippen LogP contribution in [-0.4, -0.2) is 30.9 Å². The van der Waals surface area contributed by atoms with Crippen molar-refractivity contribution in [1.82, 2.24) is 5.43 Å². The van der Waals surface area contributed by atoms with Crippen molar-refractivity contribution in [2.75, 3.05) is 13.7 Å². The van der Waals surface area contributed by atoms with Crippen molar-refractivity contribution in [3.05, 3.63) is 53.1 Å².